The Balaban J connectivity index is 2.07. The van der Waals surface area contributed by atoms with Crippen molar-refractivity contribution in [1.82, 2.24) is 0 Å². The summed E-state index contributed by atoms with van der Waals surface area (Å²) in [6.45, 7) is 2.22. The molecule has 0 bridgehead atoms. The van der Waals surface area contributed by atoms with Gasteiger partial charge in [0.15, 0.2) is 0 Å². The Morgan fingerprint density at radius 3 is 2.09 bits per heavy atom. The maximum Gasteiger partial charge on any atom is 0.0131 e. The van der Waals surface area contributed by atoms with E-state index in [9.17, 15) is 0 Å². The van der Waals surface area contributed by atoms with E-state index < -0.39 is 0 Å². The van der Waals surface area contributed by atoms with Gasteiger partial charge in [-0.1, -0.05) is 12.8 Å². The Bertz CT molecular complexity index is 154. The van der Waals surface area contributed by atoms with Gasteiger partial charge in [0.05, 0.1) is 0 Å². The molecule has 0 radical (unpaired) electrons. The van der Waals surface area contributed by atoms with Crippen molar-refractivity contribution < 1.29 is 0 Å². The van der Waals surface area contributed by atoms with Crippen molar-refractivity contribution in [3.63, 3.8) is 0 Å². The quantitative estimate of drug-likeness (QED) is 0.568. The van der Waals surface area contributed by atoms with Crippen LogP contribution in [-0.4, -0.2) is 5.54 Å². The van der Waals surface area contributed by atoms with Crippen LogP contribution in [0.15, 0.2) is 0 Å². The first-order valence-electron chi connectivity index (χ1n) is 4.91. The molecule has 11 heavy (non-hydrogen) atoms. The Morgan fingerprint density at radius 1 is 1.00 bits per heavy atom. The summed E-state index contributed by atoms with van der Waals surface area (Å²) in [4.78, 5) is 0. The zero-order valence-electron chi connectivity index (χ0n) is 7.53. The van der Waals surface area contributed by atoms with Crippen molar-refractivity contribution >= 4 is 0 Å². The maximum atomic E-state index is 6.13. The van der Waals surface area contributed by atoms with Gasteiger partial charge in [0.2, 0.25) is 0 Å². The predicted octanol–water partition coefficient (Wildman–Crippen LogP) is 2.45. The fourth-order valence-electron chi connectivity index (χ4n) is 3.14. The summed E-state index contributed by atoms with van der Waals surface area (Å²) in [5.41, 5.74) is 7.00. The lowest BCUT2D eigenvalue weighted by molar-refractivity contribution is 0.287. The lowest BCUT2D eigenvalue weighted by atomic mass is 9.83. The molecule has 2 aliphatic carbocycles. The average Bonchev–Trinajstić information content (AvgIpc) is 2.43. The highest BCUT2D eigenvalue weighted by molar-refractivity contribution is 5.00. The molecule has 0 amide bonds. The van der Waals surface area contributed by atoms with E-state index >= 15 is 0 Å². The van der Waals surface area contributed by atoms with E-state index in [2.05, 4.69) is 6.92 Å². The third-order valence-corrected chi connectivity index (χ3v) is 3.67. The van der Waals surface area contributed by atoms with Crippen LogP contribution >= 0.6 is 0 Å². The van der Waals surface area contributed by atoms with Crippen LogP contribution in [-0.2, 0) is 0 Å². The number of nitrogens with two attached hydrogens (primary N) is 1. The predicted molar refractivity (Wildman–Crippen MR) is 47.3 cm³/mol. The van der Waals surface area contributed by atoms with Crippen LogP contribution in [0.4, 0.5) is 0 Å². The van der Waals surface area contributed by atoms with E-state index in [0.29, 0.717) is 5.41 Å². The lowest BCUT2D eigenvalue weighted by Crippen LogP contribution is -2.33. The summed E-state index contributed by atoms with van der Waals surface area (Å²) >= 11 is 0. The summed E-state index contributed by atoms with van der Waals surface area (Å²) in [5, 5.41) is 0. The molecule has 0 aromatic rings. The molecule has 0 heterocycles. The van der Waals surface area contributed by atoms with Crippen LogP contribution in [0.1, 0.15) is 51.9 Å². The van der Waals surface area contributed by atoms with Gasteiger partial charge in [-0.3, -0.25) is 0 Å². The van der Waals surface area contributed by atoms with Crippen LogP contribution in [0, 0.1) is 5.41 Å². The Hall–Kier alpha value is -0.0400. The van der Waals surface area contributed by atoms with E-state index in [1.807, 2.05) is 0 Å². The van der Waals surface area contributed by atoms with Crippen LogP contribution in [0.5, 0.6) is 0 Å². The molecule has 2 saturated carbocycles. The Morgan fingerprint density at radius 2 is 1.64 bits per heavy atom. The highest BCUT2D eigenvalue weighted by atomic mass is 14.8. The fraction of sp³-hybridized carbons (Fsp3) is 1.00. The van der Waals surface area contributed by atoms with Gasteiger partial charge in [-0.25, -0.2) is 0 Å². The van der Waals surface area contributed by atoms with Gasteiger partial charge in [-0.05, 0) is 44.4 Å². The van der Waals surface area contributed by atoms with Gasteiger partial charge >= 0.3 is 0 Å². The first-order chi connectivity index (χ1) is 5.12. The van der Waals surface area contributed by atoms with Crippen molar-refractivity contribution in [3.05, 3.63) is 0 Å². The van der Waals surface area contributed by atoms with Gasteiger partial charge in [0.25, 0.3) is 0 Å². The largest absolute Gasteiger partial charge is 0.325 e. The highest BCUT2D eigenvalue weighted by Gasteiger charge is 2.44. The fourth-order valence-corrected chi connectivity index (χ4v) is 3.14. The third-order valence-electron chi connectivity index (χ3n) is 3.67. The number of hydrogen-bond acceptors (Lipinski definition) is 1. The number of hydrogen-bond donors (Lipinski definition) is 1. The van der Waals surface area contributed by atoms with Crippen LogP contribution in [0.3, 0.4) is 0 Å². The third kappa shape index (κ3) is 1.31. The Kier molecular flexibility index (Phi) is 1.54. The lowest BCUT2D eigenvalue weighted by Gasteiger charge is -2.25. The summed E-state index contributed by atoms with van der Waals surface area (Å²) < 4.78 is 0. The van der Waals surface area contributed by atoms with Gasteiger partial charge in [0, 0.05) is 5.54 Å². The van der Waals surface area contributed by atoms with Crippen LogP contribution in [0.2, 0.25) is 0 Å². The smallest absolute Gasteiger partial charge is 0.0131 e. The molecule has 2 N–H and O–H groups in total. The van der Waals surface area contributed by atoms with Crippen molar-refractivity contribution in [3.8, 4) is 0 Å². The molecule has 0 aromatic carbocycles. The molecule has 64 valence electrons. The van der Waals surface area contributed by atoms with Crippen LogP contribution in [0.25, 0.3) is 0 Å². The molecule has 1 heteroatoms. The normalized spacial score (nSPS) is 42.0. The van der Waals surface area contributed by atoms with Gasteiger partial charge in [-0.2, -0.15) is 0 Å². The molecule has 0 saturated heterocycles. The van der Waals surface area contributed by atoms with E-state index in [-0.39, 0.29) is 5.54 Å². The second-order valence-electron chi connectivity index (χ2n) is 5.04. The number of rotatable bonds is 0. The summed E-state index contributed by atoms with van der Waals surface area (Å²) in [5.74, 6) is 0. The molecule has 2 rings (SSSR count). The maximum absolute atomic E-state index is 6.13. The van der Waals surface area contributed by atoms with E-state index in [4.69, 9.17) is 5.73 Å². The van der Waals surface area contributed by atoms with Gasteiger partial charge < -0.3 is 5.73 Å². The van der Waals surface area contributed by atoms with E-state index in [1.54, 1.807) is 0 Å². The minimum atomic E-state index is 0.171. The van der Waals surface area contributed by atoms with Crippen molar-refractivity contribution in [2.24, 2.45) is 11.1 Å². The average molecular weight is 153 g/mol. The molecule has 2 aliphatic rings. The van der Waals surface area contributed by atoms with Gasteiger partial charge in [0.1, 0.15) is 0 Å². The molecule has 1 nitrogen and oxygen atoms in total. The van der Waals surface area contributed by atoms with Crippen molar-refractivity contribution in [2.45, 2.75) is 57.4 Å². The zero-order chi connectivity index (χ0) is 7.95. The molecule has 2 fully saturated rings. The molecular formula is C10H19N. The highest BCUT2D eigenvalue weighted by Crippen LogP contribution is 2.53. The Labute approximate surface area is 69.4 Å². The molecule has 0 aromatic heterocycles. The topological polar surface area (TPSA) is 26.0 Å². The standard InChI is InChI=1S/C10H19N/c1-9(11)6-7-10(8-9)4-2-3-5-10/h2-8,11H2,1H3. The molecule has 1 unspecified atom stereocenters. The molecule has 1 atom stereocenters. The second-order valence-corrected chi connectivity index (χ2v) is 5.04. The minimum absolute atomic E-state index is 0.171. The summed E-state index contributed by atoms with van der Waals surface area (Å²) in [7, 11) is 0. The van der Waals surface area contributed by atoms with Crippen molar-refractivity contribution in [1.29, 1.82) is 0 Å². The molecular weight excluding hydrogens is 134 g/mol. The SMILES string of the molecule is CC1(N)CCC2(CCCC2)C1. The zero-order valence-corrected chi connectivity index (χ0v) is 7.53. The summed E-state index contributed by atoms with van der Waals surface area (Å²) in [6.07, 6.45) is 9.78. The van der Waals surface area contributed by atoms with Gasteiger partial charge in [-0.15, -0.1) is 0 Å². The van der Waals surface area contributed by atoms with E-state index in [0.717, 1.165) is 0 Å². The first kappa shape index (κ1) is 7.60. The van der Waals surface area contributed by atoms with E-state index in [1.165, 1.54) is 44.9 Å². The van der Waals surface area contributed by atoms with Crippen molar-refractivity contribution in [2.75, 3.05) is 0 Å². The molecule has 0 aliphatic heterocycles. The van der Waals surface area contributed by atoms with Crippen LogP contribution < -0.4 is 5.73 Å². The summed E-state index contributed by atoms with van der Waals surface area (Å²) in [6, 6.07) is 0. The first-order valence-corrected chi connectivity index (χ1v) is 4.91. The monoisotopic (exact) mass is 153 g/mol. The minimum Gasteiger partial charge on any atom is -0.325 e. The second kappa shape index (κ2) is 2.22. The molecule has 1 spiro atoms.